The molecule has 4 heterocycles. The summed E-state index contributed by atoms with van der Waals surface area (Å²) in [5, 5.41) is 9.45. The van der Waals surface area contributed by atoms with E-state index in [4.69, 9.17) is 23.7 Å². The third kappa shape index (κ3) is 10.6. The van der Waals surface area contributed by atoms with E-state index in [2.05, 4.69) is 71.4 Å². The van der Waals surface area contributed by atoms with Gasteiger partial charge in [0.05, 0.1) is 31.5 Å². The van der Waals surface area contributed by atoms with Crippen LogP contribution < -0.4 is 0 Å². The van der Waals surface area contributed by atoms with Crippen LogP contribution in [0.5, 0.6) is 0 Å². The number of halogens is 2. The number of hydrogen-bond acceptors (Lipinski definition) is 8. The molecule has 12 atom stereocenters. The van der Waals surface area contributed by atoms with Crippen LogP contribution in [-0.4, -0.2) is 104 Å². The zero-order valence-electron chi connectivity index (χ0n) is 44.7. The number of piperidine rings is 2. The molecular weight excluding hydrogens is 883 g/mol. The average molecular weight is 977 g/mol. The van der Waals surface area contributed by atoms with Crippen LogP contribution in [0, 0.1) is 68.8 Å². The van der Waals surface area contributed by atoms with E-state index in [1.165, 1.54) is 75.0 Å². The molecule has 0 amide bonds. The van der Waals surface area contributed by atoms with Gasteiger partial charge < -0.3 is 33.7 Å². The van der Waals surface area contributed by atoms with Gasteiger partial charge in [0, 0.05) is 54.2 Å². The fourth-order valence-electron chi connectivity index (χ4n) is 16.8. The summed E-state index contributed by atoms with van der Waals surface area (Å²) in [7, 11) is 0. The van der Waals surface area contributed by atoms with E-state index in [1.807, 2.05) is 0 Å². The van der Waals surface area contributed by atoms with E-state index in [0.29, 0.717) is 66.5 Å². The van der Waals surface area contributed by atoms with Gasteiger partial charge in [-0.15, -0.1) is 0 Å². The zero-order valence-corrected chi connectivity index (χ0v) is 44.7. The maximum Gasteiger partial charge on any atom is 0.184 e. The molecule has 1 N–H and O–H groups in total. The largest absolute Gasteiger partial charge is 0.396 e. The molecule has 4 aliphatic heterocycles. The molecule has 9 fully saturated rings. The molecule has 0 spiro atoms. The lowest BCUT2D eigenvalue weighted by Gasteiger charge is -2.63. The number of benzene rings is 1. The number of rotatable bonds is 10. The highest BCUT2D eigenvalue weighted by Gasteiger charge is 2.62. The van der Waals surface area contributed by atoms with Crippen LogP contribution in [0.4, 0.5) is 8.78 Å². The van der Waals surface area contributed by atoms with Crippen molar-refractivity contribution in [2.75, 3.05) is 59.2 Å². The third-order valence-corrected chi connectivity index (χ3v) is 21.2. The lowest BCUT2D eigenvalue weighted by atomic mass is 9.46. The highest BCUT2D eigenvalue weighted by Crippen LogP contribution is 2.65. The molecule has 1 aromatic carbocycles. The first kappa shape index (κ1) is 53.1. The van der Waals surface area contributed by atoms with E-state index in [-0.39, 0.29) is 39.6 Å². The van der Waals surface area contributed by atoms with E-state index in [0.717, 1.165) is 110 Å². The maximum atomic E-state index is 13.8. The standard InChI is InChI=1S/C31H53NO3.C29H41F2NO3/c1-22-11-12-26-30(5,25(22)16-20-33-24-14-18-32(19-15-24)29(2,3)4)17-13-27-31(26,6)21-34-28(35-27)23-9-7-8-10-23;1-19-4-7-25-28(2,22(19)11-15-32-13-9-20(17-33)10-14-32)12-8-26-29(25,3)18-34-27(35-26)21-5-6-23(30)24(31)16-21/h23-28H,1,7-21H2,2-6H3;5-6,16,20,22,25-27,33H,1,4,7-15,17-18H2,2-3H3/t25-,26?,27-,28-,30+,31+;22-,25?,26-,27-,28+,29+/m11/s1. The number of ether oxygens (including phenoxy) is 5. The molecule has 0 aromatic heterocycles. The molecule has 0 bridgehead atoms. The van der Waals surface area contributed by atoms with Crippen LogP contribution in [0.2, 0.25) is 0 Å². The van der Waals surface area contributed by atoms with Crippen molar-refractivity contribution in [1.82, 2.24) is 9.80 Å². The lowest BCUT2D eigenvalue weighted by molar-refractivity contribution is -0.316. The summed E-state index contributed by atoms with van der Waals surface area (Å²) in [5.74, 6) is 1.52. The molecule has 10 heteroatoms. The summed E-state index contributed by atoms with van der Waals surface area (Å²) >= 11 is 0. The SMILES string of the molecule is C=C1CCC2[C@]3(C)CO[C@@H](C4CCCC4)O[C@@H]3CC[C@@]2(C)[C@@H]1CCOC1CCN(C(C)(C)C)CC1.C=C1CCC2[C@]3(C)CO[C@@H](c4ccc(F)c(F)c4)O[C@@H]3CC[C@@]2(C)[C@@H]1CCN1CCC(CO)CC1. The van der Waals surface area contributed by atoms with Crippen LogP contribution in [0.1, 0.15) is 176 Å². The van der Waals surface area contributed by atoms with Crippen LogP contribution in [0.3, 0.4) is 0 Å². The first-order valence-electron chi connectivity index (χ1n) is 28.4. The molecule has 4 saturated heterocycles. The fourth-order valence-corrected chi connectivity index (χ4v) is 16.8. The minimum absolute atomic E-state index is 0.0389. The Morgan fingerprint density at radius 3 is 1.87 bits per heavy atom. The highest BCUT2D eigenvalue weighted by atomic mass is 19.2. The summed E-state index contributed by atoms with van der Waals surface area (Å²) in [4.78, 5) is 5.17. The molecule has 70 heavy (non-hydrogen) atoms. The van der Waals surface area contributed by atoms with Gasteiger partial charge in [-0.3, -0.25) is 4.90 Å². The number of aliphatic hydroxyl groups is 1. The van der Waals surface area contributed by atoms with E-state index < -0.39 is 17.9 Å². The van der Waals surface area contributed by atoms with Crippen LogP contribution in [0.15, 0.2) is 42.5 Å². The maximum absolute atomic E-state index is 13.8. The molecule has 5 aliphatic carbocycles. The Kier molecular flexibility index (Phi) is 16.3. The van der Waals surface area contributed by atoms with Crippen molar-refractivity contribution in [2.45, 2.75) is 200 Å². The summed E-state index contributed by atoms with van der Waals surface area (Å²) in [6.07, 6.45) is 21.3. The molecular formula is C60H94F2N2O6. The molecule has 394 valence electrons. The summed E-state index contributed by atoms with van der Waals surface area (Å²) in [5.41, 5.74) is 4.14. The second-order valence-electron chi connectivity index (χ2n) is 26.3. The second kappa shape index (κ2) is 21.5. The van der Waals surface area contributed by atoms with Gasteiger partial charge in [-0.05, 0) is 196 Å². The van der Waals surface area contributed by atoms with Crippen LogP contribution in [0.25, 0.3) is 0 Å². The molecule has 8 nitrogen and oxygen atoms in total. The van der Waals surface area contributed by atoms with Crippen molar-refractivity contribution >= 4 is 0 Å². The number of allylic oxidation sites excluding steroid dienone is 2. The van der Waals surface area contributed by atoms with Gasteiger partial charge >= 0.3 is 0 Å². The second-order valence-corrected chi connectivity index (χ2v) is 26.3. The predicted octanol–water partition coefficient (Wildman–Crippen LogP) is 12.8. The van der Waals surface area contributed by atoms with Crippen molar-refractivity contribution in [3.63, 3.8) is 0 Å². The van der Waals surface area contributed by atoms with Crippen molar-refractivity contribution < 1.29 is 37.6 Å². The number of hydrogen-bond donors (Lipinski definition) is 1. The number of aliphatic hydroxyl groups excluding tert-OH is 1. The van der Waals surface area contributed by atoms with E-state index >= 15 is 0 Å². The number of nitrogens with zero attached hydrogens (tertiary/aromatic N) is 2. The Balaban J connectivity index is 0.000000174. The van der Waals surface area contributed by atoms with Crippen molar-refractivity contribution in [2.24, 2.45) is 57.2 Å². The Hall–Kier alpha value is -1.76. The van der Waals surface area contributed by atoms with Crippen molar-refractivity contribution in [3.8, 4) is 0 Å². The summed E-state index contributed by atoms with van der Waals surface area (Å²) in [6, 6.07) is 3.90. The molecule has 1 aromatic rings. The summed E-state index contributed by atoms with van der Waals surface area (Å²) in [6.45, 7) is 34.1. The minimum Gasteiger partial charge on any atom is -0.396 e. The quantitative estimate of drug-likeness (QED) is 0.233. The van der Waals surface area contributed by atoms with Crippen LogP contribution in [-0.2, 0) is 23.7 Å². The molecule has 2 unspecified atom stereocenters. The number of likely N-dealkylation sites (tertiary alicyclic amines) is 2. The average Bonchev–Trinajstić information content (AvgIpc) is 3.88. The topological polar surface area (TPSA) is 72.9 Å². The Bertz CT molecular complexity index is 1960. The number of fused-ring (bicyclic) bond motifs is 6. The van der Waals surface area contributed by atoms with Crippen molar-refractivity contribution in [1.29, 1.82) is 0 Å². The Morgan fingerprint density at radius 2 is 1.29 bits per heavy atom. The Labute approximate surface area is 422 Å². The van der Waals surface area contributed by atoms with Crippen molar-refractivity contribution in [3.05, 3.63) is 59.7 Å². The van der Waals surface area contributed by atoms with Gasteiger partial charge in [0.25, 0.3) is 0 Å². The molecule has 9 aliphatic rings. The van der Waals surface area contributed by atoms with Gasteiger partial charge in [-0.2, -0.15) is 0 Å². The van der Waals surface area contributed by atoms with Gasteiger partial charge in [-0.1, -0.05) is 70.9 Å². The third-order valence-electron chi connectivity index (χ3n) is 21.2. The van der Waals surface area contributed by atoms with Gasteiger partial charge in [0.15, 0.2) is 24.2 Å². The molecule has 0 radical (unpaired) electrons. The van der Waals surface area contributed by atoms with Gasteiger partial charge in [0.1, 0.15) is 0 Å². The van der Waals surface area contributed by atoms with Crippen LogP contribution >= 0.6 is 0 Å². The zero-order chi connectivity index (χ0) is 49.6. The minimum atomic E-state index is -0.867. The predicted molar refractivity (Wildman–Crippen MR) is 274 cm³/mol. The fraction of sp³-hybridized carbons (Fsp3) is 0.833. The Morgan fingerprint density at radius 1 is 0.700 bits per heavy atom. The smallest absolute Gasteiger partial charge is 0.184 e. The van der Waals surface area contributed by atoms with Gasteiger partial charge in [-0.25, -0.2) is 8.78 Å². The highest BCUT2D eigenvalue weighted by molar-refractivity contribution is 5.22. The molecule has 5 saturated carbocycles. The lowest BCUT2D eigenvalue weighted by Crippen LogP contribution is -2.62. The summed E-state index contributed by atoms with van der Waals surface area (Å²) < 4.78 is 59.7. The first-order valence-corrected chi connectivity index (χ1v) is 28.4. The molecule has 10 rings (SSSR count). The monoisotopic (exact) mass is 977 g/mol. The van der Waals surface area contributed by atoms with E-state index in [1.54, 1.807) is 6.07 Å². The van der Waals surface area contributed by atoms with Gasteiger partial charge in [0.2, 0.25) is 0 Å². The normalized spacial score (nSPS) is 40.4. The van der Waals surface area contributed by atoms with E-state index in [9.17, 15) is 13.9 Å². The first-order chi connectivity index (χ1) is 33.4.